The normalized spacial score (nSPS) is 17.4. The van der Waals surface area contributed by atoms with Gasteiger partial charge in [0.2, 0.25) is 29.5 Å². The molecule has 3 aliphatic rings. The molecule has 2 saturated carbocycles. The maximum absolute atomic E-state index is 12.9. The zero-order valence-corrected chi connectivity index (χ0v) is 34.0. The summed E-state index contributed by atoms with van der Waals surface area (Å²) in [7, 11) is 4.01. The Morgan fingerprint density at radius 2 is 1.49 bits per heavy atom. The maximum Gasteiger partial charge on any atom is 2.00 e. The first-order chi connectivity index (χ1) is 26.9. The van der Waals surface area contributed by atoms with E-state index in [9.17, 15) is 39.0 Å². The van der Waals surface area contributed by atoms with Crippen LogP contribution in [0.25, 0.3) is 0 Å². The second-order valence-corrected chi connectivity index (χ2v) is 15.6. The standard InChI is InChI=1S/C25H32N7O7.C13H18NOS2.Fe/c26-25(27)28-11-3-6-18(23(37)32-19(24(38)39)12-15-7-9-17(33)10-8-15)31-21(35)14-29-20(34)13-30-22(36)16-4-1-2-5-16;15-13(14-11-5-1-2-6-11)8-4-3-7-12-9-10-16-17-12;/h1-2,4-5,7-10,18-19,33H,3,6,11-14H2,(H,29,34)(H,30,36)(H,31,35)(H,32,37)(H,38,39)(H4,26,27,28);1-2,5-6,12H,3-4,7-10H2,(H,14,15);/q;;+2/t18-,19-;;/m0../s1. The van der Waals surface area contributed by atoms with Crippen LogP contribution >= 0.6 is 21.6 Å². The van der Waals surface area contributed by atoms with Gasteiger partial charge in [-0.05, 0) is 101 Å². The summed E-state index contributed by atoms with van der Waals surface area (Å²) in [4.78, 5) is 76.5. The smallest absolute Gasteiger partial charge is 0.508 e. The monoisotopic (exact) mass is 866 g/mol. The number of amides is 5. The van der Waals surface area contributed by atoms with E-state index in [2.05, 4.69) is 31.6 Å². The number of carbonyl (C=O) groups excluding carboxylic acids is 5. The molecule has 11 N–H and O–H groups in total. The number of phenols is 1. The van der Waals surface area contributed by atoms with Gasteiger partial charge in [0.1, 0.15) is 17.8 Å². The summed E-state index contributed by atoms with van der Waals surface area (Å²) in [5.41, 5.74) is 11.2. The van der Waals surface area contributed by atoms with E-state index in [1.165, 1.54) is 49.3 Å². The van der Waals surface area contributed by atoms with Gasteiger partial charge in [-0.1, -0.05) is 40.1 Å². The number of guanidine groups is 1. The van der Waals surface area contributed by atoms with Crippen molar-refractivity contribution in [2.45, 2.75) is 68.7 Å². The van der Waals surface area contributed by atoms with Crippen LogP contribution in [0.3, 0.4) is 0 Å². The minimum atomic E-state index is -1.31. The molecule has 308 valence electrons. The first kappa shape index (κ1) is 49.5. The fourth-order valence-corrected chi connectivity index (χ4v) is 8.32. The topological polar surface area (TPSA) is 267 Å². The second kappa shape index (κ2) is 27.9. The molecule has 1 unspecified atom stereocenters. The van der Waals surface area contributed by atoms with Crippen molar-refractivity contribution in [3.63, 3.8) is 0 Å². The first-order valence-electron chi connectivity index (χ1n) is 18.1. The molecule has 10 radical (unpaired) electrons. The molecular formula is C38H50FeN8O8S2+2. The number of unbranched alkanes of at least 4 members (excludes halogenated alkanes) is 1. The molecule has 3 fully saturated rings. The quantitative estimate of drug-likeness (QED) is 0.0274. The summed E-state index contributed by atoms with van der Waals surface area (Å²) in [5.74, 6) is -2.14. The van der Waals surface area contributed by atoms with Crippen molar-refractivity contribution in [2.75, 3.05) is 25.4 Å². The van der Waals surface area contributed by atoms with Crippen LogP contribution in [0.1, 0.15) is 50.5 Å². The predicted octanol–water partition coefficient (Wildman–Crippen LogP) is 0.857. The number of aromatic hydroxyl groups is 1. The van der Waals surface area contributed by atoms with Gasteiger partial charge in [0.15, 0.2) is 5.96 Å². The van der Waals surface area contributed by atoms with Gasteiger partial charge in [-0.2, -0.15) is 0 Å². The van der Waals surface area contributed by atoms with Crippen LogP contribution in [0.4, 0.5) is 0 Å². The van der Waals surface area contributed by atoms with Gasteiger partial charge in [0.25, 0.3) is 0 Å². The van der Waals surface area contributed by atoms with Gasteiger partial charge in [-0.3, -0.25) is 29.0 Å². The van der Waals surface area contributed by atoms with Crippen LogP contribution in [0.2, 0.25) is 0 Å². The van der Waals surface area contributed by atoms with Gasteiger partial charge >= 0.3 is 23.0 Å². The third-order valence-electron chi connectivity index (χ3n) is 8.22. The number of carbonyl (C=O) groups is 6. The maximum atomic E-state index is 12.9. The first-order valence-corrected chi connectivity index (χ1v) is 20.5. The average Bonchev–Trinajstić information content (AvgIpc) is 3.99. The fourth-order valence-electron chi connectivity index (χ4n) is 5.29. The van der Waals surface area contributed by atoms with E-state index in [4.69, 9.17) is 11.5 Å². The van der Waals surface area contributed by atoms with Gasteiger partial charge in [-0.15, -0.1) is 0 Å². The Hall–Kier alpha value is -3.67. The molecule has 1 aromatic carbocycles. The van der Waals surface area contributed by atoms with Crippen molar-refractivity contribution in [1.29, 1.82) is 0 Å². The number of phenolic OH excluding ortho intramolecular Hbond substituents is 1. The third kappa shape index (κ3) is 21.1. The van der Waals surface area contributed by atoms with E-state index in [1.807, 2.05) is 47.3 Å². The summed E-state index contributed by atoms with van der Waals surface area (Å²) in [6.07, 6.45) is 20.0. The number of aliphatic carboxylic acids is 1. The Kier molecular flexibility index (Phi) is 24.2. The molecular weight excluding hydrogens is 816 g/mol. The summed E-state index contributed by atoms with van der Waals surface area (Å²) in [6, 6.07) is 4.28. The van der Waals surface area contributed by atoms with Crippen LogP contribution in [-0.4, -0.2) is 94.4 Å². The Balaban J connectivity index is 0.000000517. The summed E-state index contributed by atoms with van der Waals surface area (Å²) in [6.45, 7) is -0.687. The van der Waals surface area contributed by atoms with Crippen molar-refractivity contribution in [2.24, 2.45) is 16.5 Å². The molecule has 2 aliphatic carbocycles. The Morgan fingerprint density at radius 3 is 2.12 bits per heavy atom. The molecule has 0 aromatic heterocycles. The predicted molar refractivity (Wildman–Crippen MR) is 215 cm³/mol. The van der Waals surface area contributed by atoms with Gasteiger partial charge in [0, 0.05) is 30.4 Å². The van der Waals surface area contributed by atoms with E-state index in [0.717, 1.165) is 17.7 Å². The molecule has 3 atom stereocenters. The van der Waals surface area contributed by atoms with Crippen LogP contribution in [0, 0.1) is 63.3 Å². The number of hydrogen-bond donors (Lipinski definition) is 9. The summed E-state index contributed by atoms with van der Waals surface area (Å²) >= 11 is 0. The zero-order valence-electron chi connectivity index (χ0n) is 31.3. The Morgan fingerprint density at radius 1 is 0.825 bits per heavy atom. The summed E-state index contributed by atoms with van der Waals surface area (Å²) < 4.78 is 0. The minimum Gasteiger partial charge on any atom is -0.508 e. The number of carboxylic acids is 1. The number of nitrogens with two attached hydrogens (primary N) is 2. The van der Waals surface area contributed by atoms with Crippen LogP contribution < -0.4 is 38.1 Å². The van der Waals surface area contributed by atoms with E-state index in [0.29, 0.717) is 17.9 Å². The summed E-state index contributed by atoms with van der Waals surface area (Å²) in [5, 5.41) is 32.4. The molecule has 0 spiro atoms. The van der Waals surface area contributed by atoms with Crippen molar-refractivity contribution in [3.05, 3.63) is 93.2 Å². The molecule has 57 heavy (non-hydrogen) atoms. The second-order valence-electron chi connectivity index (χ2n) is 12.8. The number of aliphatic imine (C=N–C) groups is 1. The van der Waals surface area contributed by atoms with Gasteiger partial charge in [0.05, 0.1) is 25.0 Å². The molecule has 1 aliphatic heterocycles. The number of nitrogens with zero attached hydrogens (tertiary/aromatic N) is 1. The molecule has 1 saturated heterocycles. The van der Waals surface area contributed by atoms with Crippen LogP contribution in [-0.2, 0) is 52.3 Å². The Bertz CT molecular complexity index is 1450. The van der Waals surface area contributed by atoms with E-state index in [-0.39, 0.29) is 67.0 Å². The van der Waals surface area contributed by atoms with E-state index in [1.54, 1.807) is 25.7 Å². The van der Waals surface area contributed by atoms with E-state index >= 15 is 0 Å². The SMILES string of the molecule is NC(N)=NCCC[C@H](NC(=O)CNC(=O)CNC(=O)[C]1[CH][CH][CH][CH]1)C(=O)N[C@@H](Cc1ccc(O)cc1)C(=O)O.O=C(CCCCC1CCSS1)N[C]1[CH][CH][CH][CH]1.[Fe+2]. The largest absolute Gasteiger partial charge is 2.00 e. The molecule has 19 heteroatoms. The number of carboxylic acid groups (broad SMARTS) is 1. The minimum absolute atomic E-state index is 0. The van der Waals surface area contributed by atoms with Crippen LogP contribution in [0.15, 0.2) is 29.3 Å². The molecule has 1 aromatic rings. The molecule has 1 heterocycles. The van der Waals surface area contributed by atoms with Crippen molar-refractivity contribution in [1.82, 2.24) is 26.6 Å². The zero-order chi connectivity index (χ0) is 40.7. The van der Waals surface area contributed by atoms with E-state index < -0.39 is 48.2 Å². The van der Waals surface area contributed by atoms with Gasteiger partial charge < -0.3 is 48.3 Å². The number of benzene rings is 1. The molecule has 16 nitrogen and oxygen atoms in total. The van der Waals surface area contributed by atoms with Crippen molar-refractivity contribution >= 4 is 63.1 Å². The van der Waals surface area contributed by atoms with Crippen LogP contribution in [0.5, 0.6) is 5.75 Å². The molecule has 5 amide bonds. The number of rotatable bonds is 21. The van der Waals surface area contributed by atoms with Gasteiger partial charge in [-0.25, -0.2) is 4.79 Å². The Labute approximate surface area is 353 Å². The number of nitrogens with one attached hydrogen (secondary N) is 5. The molecule has 4 rings (SSSR count). The van der Waals surface area contributed by atoms with Crippen molar-refractivity contribution < 1.29 is 56.0 Å². The molecule has 0 bridgehead atoms. The fraction of sp³-hybridized carbons (Fsp3) is 0.395. The number of hydrogen-bond acceptors (Lipinski definition) is 10. The third-order valence-corrected chi connectivity index (χ3v) is 11.2. The average molecular weight is 867 g/mol. The van der Waals surface area contributed by atoms with Crippen molar-refractivity contribution in [3.8, 4) is 5.75 Å².